The molecule has 7 heteroatoms. The molecule has 3 aromatic carbocycles. The summed E-state index contributed by atoms with van der Waals surface area (Å²) in [7, 11) is 0. The van der Waals surface area contributed by atoms with E-state index in [4.69, 9.17) is 19.6 Å². The van der Waals surface area contributed by atoms with Crippen LogP contribution in [0.5, 0.6) is 5.75 Å². The molecule has 2 aliphatic rings. The van der Waals surface area contributed by atoms with Gasteiger partial charge in [0.05, 0.1) is 6.61 Å². The Kier molecular flexibility index (Phi) is 7.63. The van der Waals surface area contributed by atoms with Crippen molar-refractivity contribution in [3.05, 3.63) is 99.5 Å². The fraction of sp³-hybridized carbons (Fsp3) is 0.333. The monoisotopic (exact) mass is 562 g/mol. The first-order chi connectivity index (χ1) is 18.1. The lowest BCUT2D eigenvalue weighted by Gasteiger charge is -2.32. The topological polar surface area (TPSA) is 71.4 Å². The molecule has 0 fully saturated rings. The number of nitrogens with zero attached hydrogens (tertiary/aromatic N) is 2. The van der Waals surface area contributed by atoms with Gasteiger partial charge in [0.15, 0.2) is 11.6 Å². The van der Waals surface area contributed by atoms with Gasteiger partial charge in [-0.25, -0.2) is 4.99 Å². The zero-order valence-electron chi connectivity index (χ0n) is 20.9. The highest BCUT2D eigenvalue weighted by atomic mass is 79.9. The van der Waals surface area contributed by atoms with Crippen LogP contribution in [0.1, 0.15) is 48.1 Å². The van der Waals surface area contributed by atoms with Crippen LogP contribution in [0.15, 0.2) is 82.3 Å². The van der Waals surface area contributed by atoms with Gasteiger partial charge in [0.1, 0.15) is 5.75 Å². The van der Waals surface area contributed by atoms with Crippen molar-refractivity contribution >= 4 is 27.7 Å². The van der Waals surface area contributed by atoms with Crippen molar-refractivity contribution in [1.82, 2.24) is 4.90 Å². The fourth-order valence-corrected chi connectivity index (χ4v) is 5.54. The van der Waals surface area contributed by atoms with Gasteiger partial charge in [0.25, 0.3) is 5.91 Å². The number of carbonyl (C=O) groups excluding carboxylic acids is 1. The maximum absolute atomic E-state index is 14.4. The number of halogens is 1. The number of ether oxygens (including phenoxy) is 2. The molecule has 1 amide bonds. The summed E-state index contributed by atoms with van der Waals surface area (Å²) in [5.41, 5.74) is 2.77. The lowest BCUT2D eigenvalue weighted by Crippen LogP contribution is -2.50. The number of hydrogen-bond acceptors (Lipinski definition) is 5. The van der Waals surface area contributed by atoms with E-state index in [0.29, 0.717) is 44.2 Å². The molecule has 0 saturated heterocycles. The van der Waals surface area contributed by atoms with Crippen molar-refractivity contribution in [3.63, 3.8) is 0 Å². The van der Waals surface area contributed by atoms with Crippen LogP contribution in [0.2, 0.25) is 0 Å². The van der Waals surface area contributed by atoms with E-state index in [1.165, 1.54) is 0 Å². The van der Waals surface area contributed by atoms with Crippen molar-refractivity contribution in [1.29, 1.82) is 0 Å². The minimum absolute atomic E-state index is 0.00902. The molecular weight excluding hydrogens is 532 g/mol. The average Bonchev–Trinajstić information content (AvgIpc) is 3.27. The van der Waals surface area contributed by atoms with Crippen molar-refractivity contribution < 1.29 is 19.4 Å². The van der Waals surface area contributed by atoms with Gasteiger partial charge in [-0.15, -0.1) is 0 Å². The molecule has 0 radical (unpaired) electrons. The summed E-state index contributed by atoms with van der Waals surface area (Å²) in [6.45, 7) is 3.83. The molecule has 6 nitrogen and oxygen atoms in total. The summed E-state index contributed by atoms with van der Waals surface area (Å²) in [4.78, 5) is 21.5. The van der Waals surface area contributed by atoms with Gasteiger partial charge in [-0.1, -0.05) is 65.3 Å². The van der Waals surface area contributed by atoms with Crippen LogP contribution in [0.4, 0.5) is 0 Å². The Hall–Kier alpha value is -3.16. The summed E-state index contributed by atoms with van der Waals surface area (Å²) in [5.74, 6) is 1.16. The van der Waals surface area contributed by atoms with E-state index in [9.17, 15) is 4.79 Å². The molecule has 2 heterocycles. The summed E-state index contributed by atoms with van der Waals surface area (Å²) in [6, 6.07) is 23.7. The SMILES string of the molecule is CCCN1Cc2ccccc2[C@H]2OC(c3ccc(OCCCO)cc3)=N[C@@]2(Cc2ccccc2Br)C1=O. The normalized spacial score (nSPS) is 20.5. The van der Waals surface area contributed by atoms with Crippen molar-refractivity contribution in [2.45, 2.75) is 44.4 Å². The summed E-state index contributed by atoms with van der Waals surface area (Å²) in [6.07, 6.45) is 1.31. The minimum atomic E-state index is -1.13. The second-order valence-corrected chi connectivity index (χ2v) is 10.3. The summed E-state index contributed by atoms with van der Waals surface area (Å²) in [5, 5.41) is 9.00. The third-order valence-corrected chi connectivity index (χ3v) is 7.68. The highest BCUT2D eigenvalue weighted by Gasteiger charge is 2.56. The summed E-state index contributed by atoms with van der Waals surface area (Å²) >= 11 is 3.68. The average molecular weight is 563 g/mol. The van der Waals surface area contributed by atoms with Crippen molar-refractivity contribution in [2.24, 2.45) is 4.99 Å². The maximum Gasteiger partial charge on any atom is 0.255 e. The van der Waals surface area contributed by atoms with Gasteiger partial charge >= 0.3 is 0 Å². The molecular formula is C30H31BrN2O4. The Labute approximate surface area is 226 Å². The number of aliphatic hydroxyl groups excluding tert-OH is 1. The zero-order valence-corrected chi connectivity index (χ0v) is 22.5. The number of aliphatic imine (C=N–C) groups is 1. The third-order valence-electron chi connectivity index (χ3n) is 6.90. The first-order valence-electron chi connectivity index (χ1n) is 12.8. The number of amides is 1. The van der Waals surface area contributed by atoms with Gasteiger partial charge in [-0.05, 0) is 47.9 Å². The largest absolute Gasteiger partial charge is 0.494 e. The highest BCUT2D eigenvalue weighted by Crippen LogP contribution is 2.47. The molecule has 0 bridgehead atoms. The highest BCUT2D eigenvalue weighted by molar-refractivity contribution is 9.10. The molecule has 2 atom stereocenters. The van der Waals surface area contributed by atoms with E-state index in [1.807, 2.05) is 65.6 Å². The van der Waals surface area contributed by atoms with Crippen LogP contribution in [0.25, 0.3) is 0 Å². The first kappa shape index (κ1) is 25.5. The van der Waals surface area contributed by atoms with Crippen LogP contribution in [-0.4, -0.2) is 47.1 Å². The van der Waals surface area contributed by atoms with Crippen LogP contribution in [-0.2, 0) is 22.5 Å². The number of carbonyl (C=O) groups is 1. The second-order valence-electron chi connectivity index (χ2n) is 9.48. The molecule has 0 spiro atoms. The lowest BCUT2D eigenvalue weighted by molar-refractivity contribution is -0.139. The Balaban J connectivity index is 1.60. The zero-order chi connectivity index (χ0) is 25.8. The van der Waals surface area contributed by atoms with Crippen LogP contribution in [0, 0.1) is 0 Å². The maximum atomic E-state index is 14.4. The summed E-state index contributed by atoms with van der Waals surface area (Å²) < 4.78 is 13.3. The molecule has 1 N–H and O–H groups in total. The van der Waals surface area contributed by atoms with E-state index < -0.39 is 11.6 Å². The molecule has 0 unspecified atom stereocenters. The molecule has 192 valence electrons. The van der Waals surface area contributed by atoms with E-state index in [0.717, 1.165) is 33.1 Å². The Morgan fingerprint density at radius 1 is 1.11 bits per heavy atom. The number of hydrogen-bond donors (Lipinski definition) is 1. The molecule has 3 aromatic rings. The molecule has 2 aliphatic heterocycles. The third kappa shape index (κ3) is 5.03. The fourth-order valence-electron chi connectivity index (χ4n) is 5.11. The van der Waals surface area contributed by atoms with E-state index in [1.54, 1.807) is 0 Å². The molecule has 0 aliphatic carbocycles. The predicted octanol–water partition coefficient (Wildman–Crippen LogP) is 5.46. The standard InChI is InChI=1S/C30H31BrN2O4/c1-2-16-33-20-23-9-3-5-10-25(23)27-30(29(33)35,19-22-8-4-6-11-26(22)31)32-28(37-27)21-12-14-24(15-13-21)36-18-7-17-34/h3-6,8-15,27,34H,2,7,16-20H2,1H3/t27-,30-/m1/s1. The molecule has 5 rings (SSSR count). The Bertz CT molecular complexity index is 1290. The minimum Gasteiger partial charge on any atom is -0.494 e. The molecule has 37 heavy (non-hydrogen) atoms. The molecule has 0 saturated carbocycles. The van der Waals surface area contributed by atoms with E-state index in [-0.39, 0.29) is 12.5 Å². The van der Waals surface area contributed by atoms with Crippen LogP contribution >= 0.6 is 15.9 Å². The quantitative estimate of drug-likeness (QED) is 0.351. The number of rotatable bonds is 9. The van der Waals surface area contributed by atoms with Crippen molar-refractivity contribution in [3.8, 4) is 5.75 Å². The predicted molar refractivity (Wildman–Crippen MR) is 147 cm³/mol. The lowest BCUT2D eigenvalue weighted by atomic mass is 9.81. The number of fused-ring (bicyclic) bond motifs is 3. The Morgan fingerprint density at radius 3 is 2.62 bits per heavy atom. The Morgan fingerprint density at radius 2 is 1.86 bits per heavy atom. The van der Waals surface area contributed by atoms with E-state index >= 15 is 0 Å². The van der Waals surface area contributed by atoms with Gasteiger partial charge in [0, 0.05) is 48.1 Å². The second kappa shape index (κ2) is 11.1. The smallest absolute Gasteiger partial charge is 0.255 e. The van der Waals surface area contributed by atoms with Crippen molar-refractivity contribution in [2.75, 3.05) is 19.8 Å². The number of benzene rings is 3. The van der Waals surface area contributed by atoms with Crippen LogP contribution in [0.3, 0.4) is 0 Å². The van der Waals surface area contributed by atoms with Crippen LogP contribution < -0.4 is 4.74 Å². The van der Waals surface area contributed by atoms with Gasteiger partial charge < -0.3 is 19.5 Å². The molecule has 0 aromatic heterocycles. The first-order valence-corrected chi connectivity index (χ1v) is 13.6. The van der Waals surface area contributed by atoms with Gasteiger partial charge in [-0.2, -0.15) is 0 Å². The number of aliphatic hydroxyl groups is 1. The van der Waals surface area contributed by atoms with Gasteiger partial charge in [0.2, 0.25) is 5.90 Å². The van der Waals surface area contributed by atoms with E-state index in [2.05, 4.69) is 35.0 Å². The van der Waals surface area contributed by atoms with Gasteiger partial charge in [-0.3, -0.25) is 4.79 Å².